The molecule has 0 unspecified atom stereocenters. The van der Waals surface area contributed by atoms with Gasteiger partial charge in [0, 0.05) is 18.4 Å². The highest BCUT2D eigenvalue weighted by Gasteiger charge is 2.38. The minimum atomic E-state index is -4.56. The van der Waals surface area contributed by atoms with Crippen LogP contribution in [0.5, 0.6) is 0 Å². The summed E-state index contributed by atoms with van der Waals surface area (Å²) in [4.78, 5) is 17.3. The first kappa shape index (κ1) is 28.3. The van der Waals surface area contributed by atoms with E-state index in [1.807, 2.05) is 33.9 Å². The molecule has 37 heavy (non-hydrogen) atoms. The Hall–Kier alpha value is -3.24. The average Bonchev–Trinajstić information content (AvgIpc) is 2.81. The first-order chi connectivity index (χ1) is 17.2. The number of hydrogen-bond donors (Lipinski definition) is 2. The zero-order valence-corrected chi connectivity index (χ0v) is 22.5. The van der Waals surface area contributed by atoms with Gasteiger partial charge >= 0.3 is 6.18 Å². The van der Waals surface area contributed by atoms with Gasteiger partial charge in [0.2, 0.25) is 0 Å². The van der Waals surface area contributed by atoms with Crippen molar-refractivity contribution >= 4 is 25.7 Å². The average molecular weight is 534 g/mol. The quantitative estimate of drug-likeness (QED) is 0.231. The molecule has 0 radical (unpaired) electrons. The molecule has 0 fully saturated rings. The number of rotatable bonds is 8. The van der Waals surface area contributed by atoms with E-state index >= 15 is 0 Å². The van der Waals surface area contributed by atoms with Crippen LogP contribution >= 0.6 is 0 Å². The molecule has 1 amide bonds. The Labute approximate surface area is 215 Å². The molecule has 1 heterocycles. The van der Waals surface area contributed by atoms with E-state index in [0.717, 1.165) is 11.6 Å². The van der Waals surface area contributed by atoms with E-state index in [1.54, 1.807) is 24.3 Å². The van der Waals surface area contributed by atoms with Crippen molar-refractivity contribution in [2.75, 3.05) is 10.6 Å². The minimum Gasteiger partial charge on any atom is -0.413 e. The molecular weight excluding hydrogens is 502 g/mol. The van der Waals surface area contributed by atoms with E-state index in [2.05, 4.69) is 15.6 Å². The van der Waals surface area contributed by atoms with Gasteiger partial charge in [-0.25, -0.2) is 9.37 Å². The van der Waals surface area contributed by atoms with Crippen LogP contribution in [0.4, 0.5) is 29.1 Å². The van der Waals surface area contributed by atoms with Gasteiger partial charge < -0.3 is 15.1 Å². The molecule has 10 heteroatoms. The molecule has 0 aliphatic carbocycles. The Morgan fingerprint density at radius 2 is 1.70 bits per heavy atom. The van der Waals surface area contributed by atoms with E-state index in [9.17, 15) is 22.4 Å². The van der Waals surface area contributed by atoms with Gasteiger partial charge in [0.15, 0.2) is 8.32 Å². The number of alkyl halides is 3. The van der Waals surface area contributed by atoms with Crippen molar-refractivity contribution in [1.29, 1.82) is 0 Å². The molecule has 0 atom stereocenters. The number of anilines is 2. The third kappa shape index (κ3) is 7.39. The number of carbonyl (C=O) groups is 1. The molecule has 0 bridgehead atoms. The fourth-order valence-electron chi connectivity index (χ4n) is 3.26. The number of carbonyl (C=O) groups excluding carboxylic acids is 1. The van der Waals surface area contributed by atoms with Gasteiger partial charge in [-0.2, -0.15) is 13.2 Å². The zero-order valence-electron chi connectivity index (χ0n) is 21.5. The highest BCUT2D eigenvalue weighted by Crippen LogP contribution is 2.39. The van der Waals surface area contributed by atoms with E-state index < -0.39 is 26.0 Å². The molecule has 0 spiro atoms. The maximum Gasteiger partial charge on any atom is 0.416 e. The number of amides is 1. The van der Waals surface area contributed by atoms with Crippen molar-refractivity contribution < 1.29 is 26.8 Å². The summed E-state index contributed by atoms with van der Waals surface area (Å²) < 4.78 is 60.3. The van der Waals surface area contributed by atoms with Gasteiger partial charge in [-0.3, -0.25) is 4.79 Å². The molecule has 0 saturated carbocycles. The van der Waals surface area contributed by atoms with Crippen LogP contribution in [0.25, 0.3) is 0 Å². The Morgan fingerprint density at radius 3 is 2.32 bits per heavy atom. The number of benzene rings is 2. The fourth-order valence-corrected chi connectivity index (χ4v) is 4.21. The summed E-state index contributed by atoms with van der Waals surface area (Å²) in [5.41, 5.74) is 0.361. The summed E-state index contributed by atoms with van der Waals surface area (Å²) >= 11 is 0. The lowest BCUT2D eigenvalue weighted by atomic mass is 10.1. The number of hydrogen-bond acceptors (Lipinski definition) is 4. The molecule has 1 aromatic heterocycles. The standard InChI is InChI=1S/C27H31F4N3O2Si/c1-26(2,3)37(4,5)36-17-19-15-21(12-13-23(19)27(29,30)31)34-25(35)22-7-6-14-32-24(22)33-16-18-8-10-20(28)11-9-18/h6-15H,16-17H2,1-5H3,(H,32,33)(H,34,35). The van der Waals surface area contributed by atoms with Crippen LogP contribution in [0, 0.1) is 5.82 Å². The van der Waals surface area contributed by atoms with Crippen LogP contribution in [0.3, 0.4) is 0 Å². The lowest BCUT2D eigenvalue weighted by Gasteiger charge is -2.36. The summed E-state index contributed by atoms with van der Waals surface area (Å²) in [6.07, 6.45) is -3.05. The largest absolute Gasteiger partial charge is 0.416 e. The van der Waals surface area contributed by atoms with Crippen molar-refractivity contribution in [1.82, 2.24) is 4.98 Å². The number of halogens is 4. The Morgan fingerprint density at radius 1 is 1.03 bits per heavy atom. The lowest BCUT2D eigenvalue weighted by Crippen LogP contribution is -2.40. The van der Waals surface area contributed by atoms with Crippen LogP contribution in [0.2, 0.25) is 18.1 Å². The predicted octanol–water partition coefficient (Wildman–Crippen LogP) is 7.63. The highest BCUT2D eigenvalue weighted by molar-refractivity contribution is 6.74. The molecule has 0 saturated heterocycles. The normalized spacial score (nSPS) is 12.4. The Balaban J connectivity index is 1.81. The molecule has 3 aromatic rings. The van der Waals surface area contributed by atoms with Crippen LogP contribution in [-0.4, -0.2) is 19.2 Å². The predicted molar refractivity (Wildman–Crippen MR) is 139 cm³/mol. The summed E-state index contributed by atoms with van der Waals surface area (Å²) in [6, 6.07) is 12.5. The van der Waals surface area contributed by atoms with Crippen LogP contribution in [-0.2, 0) is 23.8 Å². The second-order valence-corrected chi connectivity index (χ2v) is 15.1. The number of aromatic nitrogens is 1. The number of nitrogens with one attached hydrogen (secondary N) is 2. The maximum absolute atomic E-state index is 13.7. The SMILES string of the molecule is CC(C)(C)[Si](C)(C)OCc1cc(NC(=O)c2cccnc2NCc2ccc(F)cc2)ccc1C(F)(F)F. The first-order valence-electron chi connectivity index (χ1n) is 11.8. The number of nitrogens with zero attached hydrogens (tertiary/aromatic N) is 1. The van der Waals surface area contributed by atoms with Gasteiger partial charge in [-0.1, -0.05) is 32.9 Å². The van der Waals surface area contributed by atoms with Gasteiger partial charge in [0.05, 0.1) is 17.7 Å². The smallest absolute Gasteiger partial charge is 0.413 e. The second-order valence-electron chi connectivity index (χ2n) is 10.3. The summed E-state index contributed by atoms with van der Waals surface area (Å²) in [7, 11) is -2.31. The molecule has 5 nitrogen and oxygen atoms in total. The van der Waals surface area contributed by atoms with Crippen molar-refractivity contribution in [3.05, 3.63) is 88.9 Å². The Bertz CT molecular complexity index is 1240. The maximum atomic E-state index is 13.7. The molecule has 2 N–H and O–H groups in total. The fraction of sp³-hybridized carbons (Fsp3) is 0.333. The minimum absolute atomic E-state index is 0.0454. The van der Waals surface area contributed by atoms with Crippen molar-refractivity contribution in [3.8, 4) is 0 Å². The first-order valence-corrected chi connectivity index (χ1v) is 14.7. The molecule has 3 rings (SSSR count). The second kappa shape index (κ2) is 11.0. The van der Waals surface area contributed by atoms with Gasteiger partial charge in [-0.05, 0) is 71.7 Å². The molecule has 2 aromatic carbocycles. The summed E-state index contributed by atoms with van der Waals surface area (Å²) in [6.45, 7) is 10.0. The van der Waals surface area contributed by atoms with Crippen LogP contribution in [0.15, 0.2) is 60.8 Å². The van der Waals surface area contributed by atoms with Gasteiger partial charge in [0.25, 0.3) is 5.91 Å². The highest BCUT2D eigenvalue weighted by atomic mass is 28.4. The third-order valence-electron chi connectivity index (χ3n) is 6.49. The van der Waals surface area contributed by atoms with E-state index in [0.29, 0.717) is 6.54 Å². The van der Waals surface area contributed by atoms with Crippen molar-refractivity contribution in [2.24, 2.45) is 0 Å². The Kier molecular flexibility index (Phi) is 8.44. The topological polar surface area (TPSA) is 63.2 Å². The zero-order chi connectivity index (χ0) is 27.4. The monoisotopic (exact) mass is 533 g/mol. The van der Waals surface area contributed by atoms with Gasteiger partial charge in [0.1, 0.15) is 11.6 Å². The van der Waals surface area contributed by atoms with E-state index in [-0.39, 0.29) is 40.1 Å². The van der Waals surface area contributed by atoms with Crippen molar-refractivity contribution in [2.45, 2.75) is 58.2 Å². The lowest BCUT2D eigenvalue weighted by molar-refractivity contribution is -0.138. The molecular formula is C27H31F4N3O2Si. The van der Waals surface area contributed by atoms with E-state index in [4.69, 9.17) is 4.43 Å². The van der Waals surface area contributed by atoms with Crippen LogP contribution in [0.1, 0.15) is 47.8 Å². The van der Waals surface area contributed by atoms with Crippen molar-refractivity contribution in [3.63, 3.8) is 0 Å². The third-order valence-corrected chi connectivity index (χ3v) is 11.0. The molecule has 0 aliphatic heterocycles. The molecule has 0 aliphatic rings. The van der Waals surface area contributed by atoms with Gasteiger partial charge in [-0.15, -0.1) is 0 Å². The summed E-state index contributed by atoms with van der Waals surface area (Å²) in [5.74, 6) is -0.601. The van der Waals surface area contributed by atoms with E-state index in [1.165, 1.54) is 30.5 Å². The summed E-state index contributed by atoms with van der Waals surface area (Å²) in [5, 5.41) is 5.55. The van der Waals surface area contributed by atoms with Crippen LogP contribution < -0.4 is 10.6 Å². The number of pyridine rings is 1. The molecule has 198 valence electrons.